The quantitative estimate of drug-likeness (QED) is 0.0886. The SMILES string of the molecule is Cc1ccc(S(=O)(=O)CCc2ccccc2)cc1-c1cccc(C[C@H](CC(=O)C2CCC(CNC(=O)OC(C)(C)C)CC2)C(=O)Nc2ccc3[nH]c(=O)[nH]c3c2)c1. The summed E-state index contributed by atoms with van der Waals surface area (Å²) in [7, 11) is -3.57. The number of anilines is 1. The van der Waals surface area contributed by atoms with Gasteiger partial charge in [0, 0.05) is 30.5 Å². The zero-order valence-electron chi connectivity index (χ0n) is 33.0. The van der Waals surface area contributed by atoms with Gasteiger partial charge in [0.25, 0.3) is 0 Å². The van der Waals surface area contributed by atoms with Crippen molar-refractivity contribution in [2.75, 3.05) is 17.6 Å². The molecule has 6 rings (SSSR count). The third-order valence-corrected chi connectivity index (χ3v) is 12.3. The number of fused-ring (bicyclic) bond motifs is 1. The molecule has 11 nitrogen and oxygen atoms in total. The molecule has 2 amide bonds. The van der Waals surface area contributed by atoms with Crippen LogP contribution in [0.2, 0.25) is 0 Å². The van der Waals surface area contributed by atoms with Gasteiger partial charge in [-0.3, -0.25) is 9.59 Å². The Morgan fingerprint density at radius 2 is 1.56 bits per heavy atom. The van der Waals surface area contributed by atoms with Crippen LogP contribution in [0.25, 0.3) is 22.2 Å². The van der Waals surface area contributed by atoms with Gasteiger partial charge in [-0.25, -0.2) is 18.0 Å². The van der Waals surface area contributed by atoms with E-state index in [-0.39, 0.29) is 52.7 Å². The lowest BCUT2D eigenvalue weighted by Crippen LogP contribution is -2.37. The van der Waals surface area contributed by atoms with Crippen LogP contribution in [0.15, 0.2) is 101 Å². The molecule has 5 aromatic rings. The van der Waals surface area contributed by atoms with Crippen LogP contribution in [-0.2, 0) is 37.0 Å². The molecule has 300 valence electrons. The number of amides is 2. The predicted molar refractivity (Wildman–Crippen MR) is 223 cm³/mol. The fourth-order valence-corrected chi connectivity index (χ4v) is 8.84. The Balaban J connectivity index is 1.18. The zero-order valence-corrected chi connectivity index (χ0v) is 33.8. The van der Waals surface area contributed by atoms with Crippen LogP contribution in [0.4, 0.5) is 10.5 Å². The number of carbonyl (C=O) groups is 3. The summed E-state index contributed by atoms with van der Waals surface area (Å²) in [6.45, 7) is 7.88. The normalized spacial score (nSPS) is 16.5. The fourth-order valence-electron chi connectivity index (χ4n) is 7.52. The second kappa shape index (κ2) is 17.8. The van der Waals surface area contributed by atoms with Gasteiger partial charge in [0.1, 0.15) is 11.4 Å². The topological polar surface area (TPSA) is 167 Å². The van der Waals surface area contributed by atoms with E-state index in [0.29, 0.717) is 42.5 Å². The molecule has 1 heterocycles. The second-order valence-electron chi connectivity index (χ2n) is 16.2. The minimum absolute atomic E-state index is 0.0118. The molecular weight excluding hydrogens is 741 g/mol. The maximum atomic E-state index is 14.0. The molecule has 4 N–H and O–H groups in total. The number of aromatic amines is 2. The van der Waals surface area contributed by atoms with E-state index in [1.807, 2.05) is 88.4 Å². The van der Waals surface area contributed by atoms with Crippen LogP contribution in [0, 0.1) is 24.7 Å². The number of alkyl carbamates (subject to hydrolysis) is 1. The first-order valence-electron chi connectivity index (χ1n) is 19.6. The van der Waals surface area contributed by atoms with Crippen LogP contribution in [-0.4, -0.2) is 54.1 Å². The highest BCUT2D eigenvalue weighted by Crippen LogP contribution is 2.33. The van der Waals surface area contributed by atoms with Gasteiger partial charge in [0.15, 0.2) is 9.84 Å². The third-order valence-electron chi connectivity index (χ3n) is 10.6. The van der Waals surface area contributed by atoms with E-state index in [4.69, 9.17) is 4.74 Å². The van der Waals surface area contributed by atoms with Crippen molar-refractivity contribution < 1.29 is 27.5 Å². The van der Waals surface area contributed by atoms with E-state index < -0.39 is 27.4 Å². The molecule has 1 aliphatic rings. The monoisotopic (exact) mass is 792 g/mol. The number of Topliss-reactive ketones (excluding diaryl/α,β-unsaturated/α-hetero) is 1. The fraction of sp³-hybridized carbons (Fsp3) is 0.378. The van der Waals surface area contributed by atoms with E-state index in [1.165, 1.54) is 0 Å². The summed E-state index contributed by atoms with van der Waals surface area (Å²) in [6, 6.07) is 27.5. The summed E-state index contributed by atoms with van der Waals surface area (Å²) in [4.78, 5) is 57.6. The Bertz CT molecular complexity index is 2390. The summed E-state index contributed by atoms with van der Waals surface area (Å²) < 4.78 is 32.3. The average Bonchev–Trinajstić information content (AvgIpc) is 3.55. The summed E-state index contributed by atoms with van der Waals surface area (Å²) in [6.07, 6.45) is 3.17. The maximum Gasteiger partial charge on any atom is 0.407 e. The molecule has 1 aliphatic carbocycles. The summed E-state index contributed by atoms with van der Waals surface area (Å²) in [5.41, 5.74) is 5.02. The number of imidazole rings is 1. The minimum Gasteiger partial charge on any atom is -0.444 e. The first-order chi connectivity index (χ1) is 27.1. The van der Waals surface area contributed by atoms with Gasteiger partial charge in [-0.05, 0) is 130 Å². The number of aromatic nitrogens is 2. The Hall–Kier alpha value is -5.49. The highest BCUT2D eigenvalue weighted by molar-refractivity contribution is 7.91. The molecule has 0 aliphatic heterocycles. The van der Waals surface area contributed by atoms with Crippen molar-refractivity contribution in [3.05, 3.63) is 118 Å². The van der Waals surface area contributed by atoms with Crippen LogP contribution >= 0.6 is 0 Å². The largest absolute Gasteiger partial charge is 0.444 e. The molecule has 0 bridgehead atoms. The second-order valence-corrected chi connectivity index (χ2v) is 18.3. The highest BCUT2D eigenvalue weighted by atomic mass is 32.2. The van der Waals surface area contributed by atoms with E-state index >= 15 is 0 Å². The van der Waals surface area contributed by atoms with Gasteiger partial charge in [0.2, 0.25) is 5.91 Å². The Kier molecular flexibility index (Phi) is 12.8. The van der Waals surface area contributed by atoms with Gasteiger partial charge in [0.05, 0.1) is 21.7 Å². The average molecular weight is 793 g/mol. The Labute approximate surface area is 333 Å². The highest BCUT2D eigenvalue weighted by Gasteiger charge is 2.31. The molecule has 0 radical (unpaired) electrons. The lowest BCUT2D eigenvalue weighted by atomic mass is 9.77. The number of hydrogen-bond acceptors (Lipinski definition) is 7. The molecule has 0 spiro atoms. The summed E-state index contributed by atoms with van der Waals surface area (Å²) in [5.74, 6) is -0.962. The lowest BCUT2D eigenvalue weighted by Gasteiger charge is -2.29. The number of carbonyl (C=O) groups excluding carboxylic acids is 3. The van der Waals surface area contributed by atoms with Crippen LogP contribution in [0.3, 0.4) is 0 Å². The van der Waals surface area contributed by atoms with Gasteiger partial charge < -0.3 is 25.3 Å². The molecule has 1 atom stereocenters. The zero-order chi connectivity index (χ0) is 40.7. The Morgan fingerprint density at radius 1 is 0.842 bits per heavy atom. The molecule has 0 unspecified atom stereocenters. The number of ether oxygens (including phenoxy) is 1. The van der Waals surface area contributed by atoms with Gasteiger partial charge in [-0.15, -0.1) is 0 Å². The molecule has 4 aromatic carbocycles. The number of hydrogen-bond donors (Lipinski definition) is 4. The molecule has 1 aromatic heterocycles. The first kappa shape index (κ1) is 41.2. The number of H-pyrrole nitrogens is 2. The van der Waals surface area contributed by atoms with Crippen LogP contribution in [0.5, 0.6) is 0 Å². The molecule has 57 heavy (non-hydrogen) atoms. The Morgan fingerprint density at radius 3 is 2.30 bits per heavy atom. The summed E-state index contributed by atoms with van der Waals surface area (Å²) in [5, 5.41) is 5.83. The van der Waals surface area contributed by atoms with Crippen molar-refractivity contribution in [1.82, 2.24) is 15.3 Å². The van der Waals surface area contributed by atoms with Crippen molar-refractivity contribution >= 4 is 44.3 Å². The first-order valence-corrected chi connectivity index (χ1v) is 21.3. The van der Waals surface area contributed by atoms with Crippen molar-refractivity contribution in [3.63, 3.8) is 0 Å². The van der Waals surface area contributed by atoms with Crippen molar-refractivity contribution in [2.24, 2.45) is 17.8 Å². The van der Waals surface area contributed by atoms with Crippen molar-refractivity contribution in [1.29, 1.82) is 0 Å². The third kappa shape index (κ3) is 11.3. The van der Waals surface area contributed by atoms with Crippen molar-refractivity contribution in [3.8, 4) is 11.1 Å². The maximum absolute atomic E-state index is 14.0. The molecular formula is C45H52N4O7S. The lowest BCUT2D eigenvalue weighted by molar-refractivity contribution is -0.129. The molecule has 0 saturated heterocycles. The van der Waals surface area contributed by atoms with Gasteiger partial charge >= 0.3 is 11.8 Å². The predicted octanol–water partition coefficient (Wildman–Crippen LogP) is 7.94. The number of nitrogens with one attached hydrogen (secondary N) is 4. The number of benzene rings is 4. The number of aryl methyl sites for hydroxylation is 2. The number of rotatable bonds is 14. The van der Waals surface area contributed by atoms with Crippen LogP contribution in [0.1, 0.15) is 69.6 Å². The van der Waals surface area contributed by atoms with E-state index in [2.05, 4.69) is 20.6 Å². The van der Waals surface area contributed by atoms with Crippen molar-refractivity contribution in [2.45, 2.75) is 83.1 Å². The van der Waals surface area contributed by atoms with Gasteiger partial charge in [-0.1, -0.05) is 60.7 Å². The standard InChI is InChI=1S/C45H52N4O7S/c1-29-13-19-37(57(54,55)22-21-30-9-6-5-7-10-30)27-38(29)34-12-8-11-32(23-34)24-35(42(51)47-36-18-20-39-40(26-36)49-43(52)48-39)25-41(50)33-16-14-31(15-17-33)28-46-44(53)56-45(2,3)4/h5-13,18-20,23,26-27,31,33,35H,14-17,21-22,24-25,28H2,1-4H3,(H,46,53)(H,47,51)(H2,48,49,52)/t31?,33?,35-/m1/s1. The molecule has 1 fully saturated rings. The van der Waals surface area contributed by atoms with Crippen LogP contribution < -0.4 is 16.3 Å². The molecule has 1 saturated carbocycles. The van der Waals surface area contributed by atoms with E-state index in [9.17, 15) is 27.6 Å². The van der Waals surface area contributed by atoms with E-state index in [0.717, 1.165) is 40.7 Å². The number of ketones is 1. The van der Waals surface area contributed by atoms with Gasteiger partial charge in [-0.2, -0.15) is 0 Å². The van der Waals surface area contributed by atoms with E-state index in [1.54, 1.807) is 30.3 Å². The number of sulfone groups is 1. The summed E-state index contributed by atoms with van der Waals surface area (Å²) >= 11 is 0. The molecule has 12 heteroatoms. The minimum atomic E-state index is -3.57. The smallest absolute Gasteiger partial charge is 0.407 e.